The van der Waals surface area contributed by atoms with E-state index in [-0.39, 0.29) is 0 Å². The number of hydrogen-bond donors (Lipinski definition) is 0. The van der Waals surface area contributed by atoms with Gasteiger partial charge in [0.1, 0.15) is 0 Å². The molecule has 6 fully saturated rings. The third-order valence-electron chi connectivity index (χ3n) is 13.4. The van der Waals surface area contributed by atoms with Crippen molar-refractivity contribution in [1.29, 1.82) is 0 Å². The molecular formula is C30H50O2. The van der Waals surface area contributed by atoms with E-state index in [4.69, 9.17) is 9.47 Å². The van der Waals surface area contributed by atoms with Gasteiger partial charge in [0, 0.05) is 12.5 Å². The number of epoxide rings is 1. The lowest BCUT2D eigenvalue weighted by molar-refractivity contribution is -0.161. The van der Waals surface area contributed by atoms with Crippen molar-refractivity contribution >= 4 is 0 Å². The maximum atomic E-state index is 6.44. The van der Waals surface area contributed by atoms with Crippen LogP contribution in [0.15, 0.2) is 0 Å². The molecule has 6 rings (SSSR count). The smallest absolute Gasteiger partial charge is 0.0875 e. The van der Waals surface area contributed by atoms with E-state index in [0.717, 1.165) is 47.3 Å². The lowest BCUT2D eigenvalue weighted by Gasteiger charge is -2.61. The summed E-state index contributed by atoms with van der Waals surface area (Å²) in [5.41, 5.74) is 1.64. The molecule has 1 saturated heterocycles. The van der Waals surface area contributed by atoms with Crippen molar-refractivity contribution in [3.05, 3.63) is 0 Å². The van der Waals surface area contributed by atoms with Crippen molar-refractivity contribution < 1.29 is 9.47 Å². The fourth-order valence-corrected chi connectivity index (χ4v) is 11.7. The number of hydrogen-bond acceptors (Lipinski definition) is 2. The predicted molar refractivity (Wildman–Crippen MR) is 130 cm³/mol. The van der Waals surface area contributed by atoms with E-state index < -0.39 is 0 Å². The lowest BCUT2D eigenvalue weighted by Crippen LogP contribution is -2.57. The maximum Gasteiger partial charge on any atom is 0.0875 e. The largest absolute Gasteiger partial charge is 0.381 e. The average Bonchev–Trinajstić information content (AvgIpc) is 3.63. The summed E-state index contributed by atoms with van der Waals surface area (Å²) in [6.45, 7) is 15.1. The van der Waals surface area contributed by atoms with E-state index in [9.17, 15) is 0 Å². The molecule has 1 aliphatic heterocycles. The van der Waals surface area contributed by atoms with Gasteiger partial charge in [-0.3, -0.25) is 0 Å². The molecule has 1 heterocycles. The van der Waals surface area contributed by atoms with Gasteiger partial charge >= 0.3 is 0 Å². The lowest BCUT2D eigenvalue weighted by atomic mass is 9.45. The van der Waals surface area contributed by atoms with Crippen LogP contribution in [-0.4, -0.2) is 25.4 Å². The van der Waals surface area contributed by atoms with E-state index in [2.05, 4.69) is 41.5 Å². The molecule has 0 radical (unpaired) electrons. The molecule has 0 unspecified atom stereocenters. The predicted octanol–water partition coefficient (Wildman–Crippen LogP) is 7.36. The van der Waals surface area contributed by atoms with Crippen molar-refractivity contribution in [3.8, 4) is 0 Å². The standard InChI is InChI=1S/C30H50O2/c1-8-20(17(2)3)27-26(32-27)18(4)22-9-10-23-21-15-25(31-7)30-16-19(30)11-14-29(30,6)24(21)12-13-28(22,23)5/h17-27H,8-16H2,1-7H3/t18-,19+,20-,21-,22+,23-,24-,25+,26+,27+,28+,29+,30-/m0/s1. The second-order valence-corrected chi connectivity index (χ2v) is 14.2. The highest BCUT2D eigenvalue weighted by Crippen LogP contribution is 2.82. The Labute approximate surface area is 198 Å². The minimum atomic E-state index is 0.525. The fraction of sp³-hybridized carbons (Fsp3) is 1.00. The molecule has 0 aromatic heterocycles. The SMILES string of the molecule is CC[C@@H](C(C)C)[C@H]1O[C@@H]1[C@@H](C)[C@H]1CC[C@H]2[C@@H]3C[C@@H](OC)[C@]45C[C@H]4CC[C@]5(C)[C@H]3CC[C@]12C. The van der Waals surface area contributed by atoms with Crippen LogP contribution in [0.25, 0.3) is 0 Å². The van der Waals surface area contributed by atoms with Crippen LogP contribution in [0.3, 0.4) is 0 Å². The van der Waals surface area contributed by atoms with Gasteiger partial charge in [-0.05, 0) is 110 Å². The van der Waals surface area contributed by atoms with Crippen LogP contribution in [0.2, 0.25) is 0 Å². The number of ether oxygens (including phenoxy) is 2. The quantitative estimate of drug-likeness (QED) is 0.401. The van der Waals surface area contributed by atoms with E-state index >= 15 is 0 Å². The van der Waals surface area contributed by atoms with E-state index in [1.165, 1.54) is 57.8 Å². The average molecular weight is 443 g/mol. The van der Waals surface area contributed by atoms with Crippen molar-refractivity contribution in [2.75, 3.05) is 7.11 Å². The van der Waals surface area contributed by atoms with Gasteiger partial charge in [0.25, 0.3) is 0 Å². The first-order valence-electron chi connectivity index (χ1n) is 14.4. The number of fused-ring (bicyclic) bond motifs is 4. The summed E-state index contributed by atoms with van der Waals surface area (Å²) in [6.07, 6.45) is 14.5. The van der Waals surface area contributed by atoms with Gasteiger partial charge in [0.2, 0.25) is 0 Å². The Hall–Kier alpha value is -0.0800. The first kappa shape index (κ1) is 22.4. The van der Waals surface area contributed by atoms with E-state index in [0.29, 0.717) is 34.6 Å². The summed E-state index contributed by atoms with van der Waals surface area (Å²) >= 11 is 0. The molecule has 2 heteroatoms. The first-order chi connectivity index (χ1) is 15.2. The molecule has 13 atom stereocenters. The Bertz CT molecular complexity index is 747. The molecule has 0 aromatic rings. The number of methoxy groups -OCH3 is 1. The first-order valence-corrected chi connectivity index (χ1v) is 14.4. The van der Waals surface area contributed by atoms with Crippen LogP contribution in [-0.2, 0) is 9.47 Å². The monoisotopic (exact) mass is 442 g/mol. The Balaban J connectivity index is 1.23. The van der Waals surface area contributed by atoms with Crippen molar-refractivity contribution in [3.63, 3.8) is 0 Å². The maximum absolute atomic E-state index is 6.44. The normalized spacial score (nSPS) is 57.4. The molecule has 0 aromatic carbocycles. The molecule has 6 aliphatic rings. The van der Waals surface area contributed by atoms with Gasteiger partial charge in [0.05, 0.1) is 18.3 Å². The van der Waals surface area contributed by atoms with Crippen LogP contribution in [0, 0.1) is 63.6 Å². The van der Waals surface area contributed by atoms with Gasteiger partial charge < -0.3 is 9.47 Å². The van der Waals surface area contributed by atoms with E-state index in [1.807, 2.05) is 7.11 Å². The summed E-state index contributed by atoms with van der Waals surface area (Å²) in [4.78, 5) is 0. The molecule has 0 bridgehead atoms. The zero-order valence-corrected chi connectivity index (χ0v) is 22.0. The van der Waals surface area contributed by atoms with Gasteiger partial charge in [0.15, 0.2) is 0 Å². The fourth-order valence-electron chi connectivity index (χ4n) is 11.7. The summed E-state index contributed by atoms with van der Waals surface area (Å²) in [6, 6.07) is 0. The summed E-state index contributed by atoms with van der Waals surface area (Å²) in [7, 11) is 2.03. The zero-order chi connectivity index (χ0) is 22.6. The Morgan fingerprint density at radius 1 is 0.969 bits per heavy atom. The highest BCUT2D eigenvalue weighted by atomic mass is 16.6. The molecule has 1 spiro atoms. The van der Waals surface area contributed by atoms with E-state index in [1.54, 1.807) is 0 Å². The highest BCUT2D eigenvalue weighted by Gasteiger charge is 2.77. The molecule has 5 saturated carbocycles. The third kappa shape index (κ3) is 2.66. The van der Waals surface area contributed by atoms with Crippen LogP contribution in [0.1, 0.15) is 99.3 Å². The summed E-state index contributed by atoms with van der Waals surface area (Å²) in [5, 5.41) is 0. The van der Waals surface area contributed by atoms with Gasteiger partial charge in [-0.2, -0.15) is 0 Å². The van der Waals surface area contributed by atoms with Gasteiger partial charge in [-0.15, -0.1) is 0 Å². The van der Waals surface area contributed by atoms with Gasteiger partial charge in [-0.1, -0.05) is 48.0 Å². The molecule has 182 valence electrons. The van der Waals surface area contributed by atoms with Crippen LogP contribution >= 0.6 is 0 Å². The minimum absolute atomic E-state index is 0.525. The highest BCUT2D eigenvalue weighted by molar-refractivity contribution is 5.26. The van der Waals surface area contributed by atoms with Crippen LogP contribution in [0.4, 0.5) is 0 Å². The topological polar surface area (TPSA) is 21.8 Å². The Morgan fingerprint density at radius 3 is 2.41 bits per heavy atom. The summed E-state index contributed by atoms with van der Waals surface area (Å²) in [5.74, 6) is 6.83. The Morgan fingerprint density at radius 2 is 1.75 bits per heavy atom. The van der Waals surface area contributed by atoms with Crippen molar-refractivity contribution in [2.45, 2.75) is 118 Å². The molecule has 0 amide bonds. The molecule has 2 nitrogen and oxygen atoms in total. The Kier molecular flexibility index (Phi) is 5.05. The second-order valence-electron chi connectivity index (χ2n) is 14.2. The third-order valence-corrected chi connectivity index (χ3v) is 13.4. The van der Waals surface area contributed by atoms with Crippen LogP contribution in [0.5, 0.6) is 0 Å². The minimum Gasteiger partial charge on any atom is -0.381 e. The second kappa shape index (κ2) is 7.22. The molecule has 0 N–H and O–H groups in total. The van der Waals surface area contributed by atoms with Crippen molar-refractivity contribution in [1.82, 2.24) is 0 Å². The summed E-state index contributed by atoms with van der Waals surface area (Å²) < 4.78 is 12.8. The van der Waals surface area contributed by atoms with Crippen molar-refractivity contribution in [2.24, 2.45) is 63.6 Å². The molecule has 32 heavy (non-hydrogen) atoms. The molecular weight excluding hydrogens is 392 g/mol. The number of rotatable bonds is 6. The van der Waals surface area contributed by atoms with Gasteiger partial charge in [-0.25, -0.2) is 0 Å². The molecule has 5 aliphatic carbocycles. The van der Waals surface area contributed by atoms with Crippen LogP contribution < -0.4 is 0 Å². The zero-order valence-electron chi connectivity index (χ0n) is 22.0.